The normalized spacial score (nSPS) is 12.7. The third-order valence-corrected chi connectivity index (χ3v) is 2.84. The number of rotatable bonds is 4. The molecule has 1 rings (SSSR count). The first-order valence-corrected chi connectivity index (χ1v) is 7.63. The minimum Gasteiger partial charge on any atom is -0.310 e. The highest BCUT2D eigenvalue weighted by atomic mass is 32.2. The van der Waals surface area contributed by atoms with Gasteiger partial charge < -0.3 is 10.3 Å². The zero-order valence-electron chi connectivity index (χ0n) is 11.1. The van der Waals surface area contributed by atoms with Crippen molar-refractivity contribution in [1.82, 2.24) is 15.3 Å². The first kappa shape index (κ1) is 14.8. The van der Waals surface area contributed by atoms with Crippen molar-refractivity contribution in [1.29, 1.82) is 0 Å². The van der Waals surface area contributed by atoms with Gasteiger partial charge in [0.05, 0.1) is 5.69 Å². The van der Waals surface area contributed by atoms with Crippen LogP contribution in [0.5, 0.6) is 0 Å². The van der Waals surface area contributed by atoms with Gasteiger partial charge in [-0.05, 0) is 20.8 Å². The first-order valence-electron chi connectivity index (χ1n) is 5.57. The molecular formula is C11H19N3O3S. The topological polar surface area (TPSA) is 91.9 Å². The molecule has 0 aromatic carbocycles. The molecule has 1 aromatic rings. The summed E-state index contributed by atoms with van der Waals surface area (Å²) in [5.74, 6) is -0.0818. The molecule has 0 fully saturated rings. The number of aromatic nitrogens is 2. The summed E-state index contributed by atoms with van der Waals surface area (Å²) in [7, 11) is -3.21. The summed E-state index contributed by atoms with van der Waals surface area (Å²) in [6, 6.07) is 1.37. The zero-order chi connectivity index (χ0) is 14.0. The van der Waals surface area contributed by atoms with E-state index in [2.05, 4.69) is 15.3 Å². The van der Waals surface area contributed by atoms with Crippen LogP contribution in [-0.2, 0) is 22.1 Å². The van der Waals surface area contributed by atoms with Crippen molar-refractivity contribution in [3.05, 3.63) is 27.9 Å². The van der Waals surface area contributed by atoms with Crippen molar-refractivity contribution >= 4 is 9.84 Å². The summed E-state index contributed by atoms with van der Waals surface area (Å²) >= 11 is 0. The number of nitrogens with zero attached hydrogens (tertiary/aromatic N) is 1. The monoisotopic (exact) mass is 273 g/mol. The summed E-state index contributed by atoms with van der Waals surface area (Å²) < 4.78 is 22.3. The van der Waals surface area contributed by atoms with Gasteiger partial charge in [-0.15, -0.1) is 0 Å². The highest BCUT2D eigenvalue weighted by Crippen LogP contribution is 2.02. The fourth-order valence-corrected chi connectivity index (χ4v) is 1.96. The van der Waals surface area contributed by atoms with E-state index in [4.69, 9.17) is 0 Å². The fraction of sp³-hybridized carbons (Fsp3) is 0.636. The van der Waals surface area contributed by atoms with Gasteiger partial charge >= 0.3 is 0 Å². The summed E-state index contributed by atoms with van der Waals surface area (Å²) in [6.07, 6.45) is 1.10. The van der Waals surface area contributed by atoms with Crippen molar-refractivity contribution in [3.8, 4) is 0 Å². The molecule has 0 saturated heterocycles. The molecular weight excluding hydrogens is 254 g/mol. The first-order chi connectivity index (χ1) is 8.05. The molecule has 0 saturated carbocycles. The van der Waals surface area contributed by atoms with Gasteiger partial charge in [0, 0.05) is 24.4 Å². The van der Waals surface area contributed by atoms with Crippen molar-refractivity contribution in [2.45, 2.75) is 38.6 Å². The second kappa shape index (κ2) is 5.19. The van der Waals surface area contributed by atoms with Crippen molar-refractivity contribution < 1.29 is 8.42 Å². The standard InChI is InChI=1S/C11H19N3O3S/c1-11(2,3)12-6-8-5-10(15)14-9(13-8)7-18(4,16)17/h5,12H,6-7H2,1-4H3,(H,13,14,15). The maximum atomic E-state index is 11.4. The van der Waals surface area contributed by atoms with E-state index in [0.717, 1.165) is 6.26 Å². The van der Waals surface area contributed by atoms with Crippen molar-refractivity contribution in [3.63, 3.8) is 0 Å². The van der Waals surface area contributed by atoms with Crippen LogP contribution in [0.1, 0.15) is 32.3 Å². The molecule has 0 unspecified atom stereocenters. The van der Waals surface area contributed by atoms with E-state index in [1.807, 2.05) is 20.8 Å². The number of nitrogens with one attached hydrogen (secondary N) is 2. The Morgan fingerprint density at radius 3 is 2.50 bits per heavy atom. The van der Waals surface area contributed by atoms with Gasteiger partial charge in [0.15, 0.2) is 9.84 Å². The van der Waals surface area contributed by atoms with Crippen LogP contribution in [0.15, 0.2) is 10.9 Å². The maximum absolute atomic E-state index is 11.4. The molecule has 6 nitrogen and oxygen atoms in total. The van der Waals surface area contributed by atoms with Crippen LogP contribution in [0, 0.1) is 0 Å². The minimum atomic E-state index is -3.21. The minimum absolute atomic E-state index is 0.0960. The Hall–Kier alpha value is -1.21. The van der Waals surface area contributed by atoms with Crippen LogP contribution in [0.3, 0.4) is 0 Å². The maximum Gasteiger partial charge on any atom is 0.251 e. The van der Waals surface area contributed by atoms with E-state index in [1.165, 1.54) is 6.07 Å². The van der Waals surface area contributed by atoms with E-state index in [9.17, 15) is 13.2 Å². The number of hydrogen-bond donors (Lipinski definition) is 2. The Morgan fingerprint density at radius 2 is 2.00 bits per heavy atom. The molecule has 0 amide bonds. The van der Waals surface area contributed by atoms with Crippen LogP contribution < -0.4 is 10.9 Å². The van der Waals surface area contributed by atoms with Gasteiger partial charge in [-0.2, -0.15) is 0 Å². The van der Waals surface area contributed by atoms with Crippen molar-refractivity contribution in [2.24, 2.45) is 0 Å². The van der Waals surface area contributed by atoms with Gasteiger partial charge in [0.1, 0.15) is 11.6 Å². The van der Waals surface area contributed by atoms with E-state index in [-0.39, 0.29) is 22.7 Å². The molecule has 0 radical (unpaired) electrons. The van der Waals surface area contributed by atoms with Gasteiger partial charge in [0.25, 0.3) is 5.56 Å². The van der Waals surface area contributed by atoms with Crippen LogP contribution in [0.25, 0.3) is 0 Å². The lowest BCUT2D eigenvalue weighted by atomic mass is 10.1. The Morgan fingerprint density at radius 1 is 1.39 bits per heavy atom. The third kappa shape index (κ3) is 5.92. The Kier molecular flexibility index (Phi) is 4.28. The fourth-order valence-electron chi connectivity index (χ4n) is 1.33. The predicted molar refractivity (Wildman–Crippen MR) is 70.0 cm³/mol. The SMILES string of the molecule is CC(C)(C)NCc1cc(=O)[nH]c(CS(C)(=O)=O)n1. The van der Waals surface area contributed by atoms with Crippen molar-refractivity contribution in [2.75, 3.05) is 6.26 Å². The van der Waals surface area contributed by atoms with Crippen LogP contribution in [-0.4, -0.2) is 30.2 Å². The van der Waals surface area contributed by atoms with Crippen LogP contribution in [0.2, 0.25) is 0 Å². The summed E-state index contributed by atoms with van der Waals surface area (Å²) in [5.41, 5.74) is 0.100. The molecule has 7 heteroatoms. The molecule has 18 heavy (non-hydrogen) atoms. The van der Waals surface area contributed by atoms with E-state index in [1.54, 1.807) is 0 Å². The number of sulfone groups is 1. The van der Waals surface area contributed by atoms with Crippen LogP contribution >= 0.6 is 0 Å². The molecule has 2 N–H and O–H groups in total. The number of aromatic amines is 1. The summed E-state index contributed by atoms with van der Waals surface area (Å²) in [6.45, 7) is 6.41. The van der Waals surface area contributed by atoms with E-state index >= 15 is 0 Å². The highest BCUT2D eigenvalue weighted by Gasteiger charge is 2.11. The second-order valence-electron chi connectivity index (χ2n) is 5.36. The zero-order valence-corrected chi connectivity index (χ0v) is 11.9. The van der Waals surface area contributed by atoms with E-state index in [0.29, 0.717) is 12.2 Å². The quantitative estimate of drug-likeness (QED) is 0.817. The predicted octanol–water partition coefficient (Wildman–Crippen LogP) is 0.203. The summed E-state index contributed by atoms with van der Waals surface area (Å²) in [4.78, 5) is 18.0. The molecule has 102 valence electrons. The lowest BCUT2D eigenvalue weighted by Crippen LogP contribution is -2.35. The molecule has 1 heterocycles. The number of hydrogen-bond acceptors (Lipinski definition) is 5. The van der Waals surface area contributed by atoms with E-state index < -0.39 is 9.84 Å². The average molecular weight is 273 g/mol. The van der Waals surface area contributed by atoms with Gasteiger partial charge in [0.2, 0.25) is 0 Å². The van der Waals surface area contributed by atoms with Gasteiger partial charge in [-0.1, -0.05) is 0 Å². The average Bonchev–Trinajstić information content (AvgIpc) is 2.09. The highest BCUT2D eigenvalue weighted by molar-refractivity contribution is 7.89. The largest absolute Gasteiger partial charge is 0.310 e. The molecule has 0 aliphatic heterocycles. The lowest BCUT2D eigenvalue weighted by molar-refractivity contribution is 0.420. The second-order valence-corrected chi connectivity index (χ2v) is 7.50. The third-order valence-electron chi connectivity index (χ3n) is 2.04. The Bertz CT molecular complexity index is 570. The summed E-state index contributed by atoms with van der Waals surface area (Å²) in [5, 5.41) is 3.19. The molecule has 1 aromatic heterocycles. The lowest BCUT2D eigenvalue weighted by Gasteiger charge is -2.20. The molecule has 0 bridgehead atoms. The number of H-pyrrole nitrogens is 1. The Labute approximate surface area is 107 Å². The van der Waals surface area contributed by atoms with Crippen LogP contribution in [0.4, 0.5) is 0 Å². The van der Waals surface area contributed by atoms with Gasteiger partial charge in [-0.25, -0.2) is 13.4 Å². The molecule has 0 aliphatic rings. The molecule has 0 spiro atoms. The smallest absolute Gasteiger partial charge is 0.251 e. The molecule has 0 atom stereocenters. The molecule has 0 aliphatic carbocycles. The van der Waals surface area contributed by atoms with Gasteiger partial charge in [-0.3, -0.25) is 4.79 Å². The Balaban J connectivity index is 2.91.